The van der Waals surface area contributed by atoms with Crippen molar-refractivity contribution in [2.24, 2.45) is 0 Å². The summed E-state index contributed by atoms with van der Waals surface area (Å²) in [7, 11) is -16.6. The van der Waals surface area contributed by atoms with Crippen LogP contribution in [0.2, 0.25) is 0 Å². The van der Waals surface area contributed by atoms with Crippen molar-refractivity contribution in [1.29, 1.82) is 0 Å². The monoisotopic (exact) mass is 903 g/mol. The predicted octanol–water partition coefficient (Wildman–Crippen LogP) is -11.3. The van der Waals surface area contributed by atoms with Crippen LogP contribution in [0.3, 0.4) is 0 Å². The highest BCUT2D eigenvalue weighted by atomic mass is 32.3. The quantitative estimate of drug-likeness (QED) is 0.0506. The highest BCUT2D eigenvalue weighted by Crippen LogP contribution is 2.34. The molecule has 0 aromatic carbocycles. The Balaban J connectivity index is 1.58. The van der Waals surface area contributed by atoms with E-state index in [1.165, 1.54) is 0 Å². The van der Waals surface area contributed by atoms with Crippen molar-refractivity contribution >= 4 is 31.2 Å². The van der Waals surface area contributed by atoms with Gasteiger partial charge in [-0.05, 0) is 0 Å². The topological polar surface area (TPSA) is 486 Å². The molecular weight excluding hydrogens is 864 g/mol. The zero-order chi connectivity index (χ0) is 42.9. The summed E-state index contributed by atoms with van der Waals surface area (Å²) in [4.78, 5) is 0. The third kappa shape index (κ3) is 12.5. The molecule has 57 heavy (non-hydrogen) atoms. The Labute approximate surface area is 320 Å². The van der Waals surface area contributed by atoms with Crippen molar-refractivity contribution in [2.45, 2.75) is 123 Å². The molecule has 4 heterocycles. The second-order valence-electron chi connectivity index (χ2n) is 12.7. The summed E-state index contributed by atoms with van der Waals surface area (Å²) in [6, 6.07) is 0. The number of ether oxygens (including phenoxy) is 7. The molecule has 0 aromatic heterocycles. The molecule has 11 N–H and O–H groups in total. The van der Waals surface area contributed by atoms with Gasteiger partial charge in [0.1, 0.15) is 97.7 Å². The molecule has 0 bridgehead atoms. The fourth-order valence-corrected chi connectivity index (χ4v) is 6.86. The Morgan fingerprint density at radius 3 is 1.09 bits per heavy atom. The second-order valence-corrected chi connectivity index (χ2v) is 15.8. The first-order chi connectivity index (χ1) is 26.2. The van der Waals surface area contributed by atoms with Gasteiger partial charge < -0.3 is 103 Å². The molecule has 0 aliphatic carbocycles. The number of hydrogen-bond acceptors (Lipinski definition) is 30. The molecule has 30 nitrogen and oxygen atoms in total. The molecule has 0 radical (unpaired) electrons. The Morgan fingerprint density at radius 1 is 0.404 bits per heavy atom. The first-order valence-corrected chi connectivity index (χ1v) is 20.0. The fourth-order valence-electron chi connectivity index (χ4n) is 5.96. The third-order valence-electron chi connectivity index (χ3n) is 8.79. The molecule has 20 atom stereocenters. The molecule has 0 aromatic rings. The Morgan fingerprint density at radius 2 is 0.719 bits per heavy atom. The molecule has 4 fully saturated rings. The number of hydrogen-bond donors (Lipinski definition) is 11. The first-order valence-electron chi connectivity index (χ1n) is 16.0. The van der Waals surface area contributed by atoms with Crippen LogP contribution >= 0.6 is 0 Å². The van der Waals surface area contributed by atoms with Crippen LogP contribution in [-0.4, -0.2) is 244 Å². The highest BCUT2D eigenvalue weighted by molar-refractivity contribution is 7.81. The summed E-state index contributed by atoms with van der Waals surface area (Å²) >= 11 is 0. The van der Waals surface area contributed by atoms with Crippen LogP contribution in [0.15, 0.2) is 0 Å². The Bertz CT molecular complexity index is 1630. The maximum absolute atomic E-state index is 11.3. The van der Waals surface area contributed by atoms with E-state index in [9.17, 15) is 95.1 Å². The SMILES string of the molecule is O=S(=O)([O-])OC[C@H]1O[C@@H](O[C@H]2[C@H](O)[C@@H](O)[C@H](O[C@H]3[C@H](O)[C@@H](O)[C@H](O[C@H]4[C@H](O)[C@@H](O)[C@@H](O)O[C@@H]4CO)O[C@@H]3COS(=O)(=O)[O-])O[C@@H]2COS(=O)(=O)[O-])[C@H](O)[C@@H](O)[C@@H]1O. The highest BCUT2D eigenvalue weighted by Gasteiger charge is 2.55. The van der Waals surface area contributed by atoms with Crippen molar-refractivity contribution in [2.75, 3.05) is 26.4 Å². The van der Waals surface area contributed by atoms with Crippen LogP contribution < -0.4 is 0 Å². The van der Waals surface area contributed by atoms with Crippen LogP contribution in [0, 0.1) is 0 Å². The summed E-state index contributed by atoms with van der Waals surface area (Å²) in [5.41, 5.74) is 0. The summed E-state index contributed by atoms with van der Waals surface area (Å²) < 4.78 is 150. The molecule has 336 valence electrons. The van der Waals surface area contributed by atoms with E-state index in [1.807, 2.05) is 0 Å². The second kappa shape index (κ2) is 19.3. The van der Waals surface area contributed by atoms with Gasteiger partial charge in [0, 0.05) is 0 Å². The molecule has 4 aliphatic rings. The summed E-state index contributed by atoms with van der Waals surface area (Å²) in [6.07, 6.45) is -43.5. The van der Waals surface area contributed by atoms with Crippen molar-refractivity contribution in [1.82, 2.24) is 0 Å². The number of rotatable bonds is 16. The van der Waals surface area contributed by atoms with E-state index in [-0.39, 0.29) is 0 Å². The van der Waals surface area contributed by atoms with Gasteiger partial charge in [-0.3, -0.25) is 12.5 Å². The van der Waals surface area contributed by atoms with Crippen molar-refractivity contribution in [3.63, 3.8) is 0 Å². The molecular formula is C24H39O30S3-3. The smallest absolute Gasteiger partial charge is 0.217 e. The van der Waals surface area contributed by atoms with Gasteiger partial charge >= 0.3 is 0 Å². The Kier molecular flexibility index (Phi) is 16.4. The summed E-state index contributed by atoms with van der Waals surface area (Å²) in [6.45, 7) is -5.09. The lowest BCUT2D eigenvalue weighted by Gasteiger charge is -2.49. The average Bonchev–Trinajstić information content (AvgIpc) is 3.11. The molecule has 0 amide bonds. The maximum Gasteiger partial charge on any atom is 0.217 e. The Hall–Kier alpha value is -1.11. The molecule has 4 rings (SSSR count). The molecule has 33 heteroatoms. The fraction of sp³-hybridized carbons (Fsp3) is 1.00. The van der Waals surface area contributed by atoms with Crippen molar-refractivity contribution < 1.29 is 141 Å². The van der Waals surface area contributed by atoms with Gasteiger partial charge in [-0.1, -0.05) is 0 Å². The zero-order valence-electron chi connectivity index (χ0n) is 28.3. The van der Waals surface area contributed by atoms with E-state index in [1.54, 1.807) is 0 Å². The van der Waals surface area contributed by atoms with E-state index in [2.05, 4.69) is 12.5 Å². The van der Waals surface area contributed by atoms with Crippen LogP contribution in [0.4, 0.5) is 0 Å². The predicted molar refractivity (Wildman–Crippen MR) is 160 cm³/mol. The molecule has 0 unspecified atom stereocenters. The van der Waals surface area contributed by atoms with Gasteiger partial charge in [-0.2, -0.15) is 0 Å². The van der Waals surface area contributed by atoms with Crippen LogP contribution in [0.5, 0.6) is 0 Å². The maximum atomic E-state index is 11.3. The number of aliphatic hydroxyl groups excluding tert-OH is 11. The summed E-state index contributed by atoms with van der Waals surface area (Å²) in [5.74, 6) is 0. The standard InChI is InChI=1S/C24H42O30S3/c25-1-5-18(11(28)14(31)21(35)48-5)52-23-16(33)12(29)20(8(50-23)4-47-57(42,43)44)54-24-17(34)13(30)19(7(51-24)3-46-56(39,40)41)53-22-15(32)10(27)9(26)6(49-22)2-45-55(36,37)38/h5-35H,1-4H2,(H,36,37,38)(H,39,40,41)(H,42,43,44)/p-3/t5-,6-,7-,8-,9-,10+,11-,12-,13-,14-,15-,16-,17-,18-,19-,20-,21+,22+,23+,24+/m1/s1. The van der Waals surface area contributed by atoms with Crippen LogP contribution in [-0.2, 0) is 76.9 Å². The van der Waals surface area contributed by atoms with E-state index in [4.69, 9.17) is 33.2 Å². The van der Waals surface area contributed by atoms with Gasteiger partial charge in [0.15, 0.2) is 25.2 Å². The molecule has 4 aliphatic heterocycles. The van der Waals surface area contributed by atoms with Crippen molar-refractivity contribution in [3.05, 3.63) is 0 Å². The summed E-state index contributed by atoms with van der Waals surface area (Å²) in [5, 5.41) is 115. The van der Waals surface area contributed by atoms with E-state index < -0.39 is 180 Å². The van der Waals surface area contributed by atoms with Crippen LogP contribution in [0.25, 0.3) is 0 Å². The van der Waals surface area contributed by atoms with Gasteiger partial charge in [0.05, 0.1) is 26.4 Å². The molecule has 0 spiro atoms. The minimum atomic E-state index is -5.60. The van der Waals surface area contributed by atoms with Gasteiger partial charge in [0.25, 0.3) is 0 Å². The van der Waals surface area contributed by atoms with Gasteiger partial charge in [-0.25, -0.2) is 25.3 Å². The lowest BCUT2D eigenvalue weighted by atomic mass is 9.95. The van der Waals surface area contributed by atoms with Crippen molar-refractivity contribution in [3.8, 4) is 0 Å². The normalized spacial score (nSPS) is 45.2. The number of aliphatic hydroxyl groups is 11. The minimum absolute atomic E-state index is 0.985. The molecule has 4 saturated heterocycles. The largest absolute Gasteiger partial charge is 0.726 e. The lowest BCUT2D eigenvalue weighted by Crippen LogP contribution is -2.67. The van der Waals surface area contributed by atoms with Gasteiger partial charge in [0.2, 0.25) is 31.2 Å². The molecule has 0 saturated carbocycles. The van der Waals surface area contributed by atoms with E-state index >= 15 is 0 Å². The van der Waals surface area contributed by atoms with E-state index in [0.717, 1.165) is 0 Å². The third-order valence-corrected chi connectivity index (χ3v) is 10.1. The first kappa shape index (κ1) is 48.6. The van der Waals surface area contributed by atoms with Crippen LogP contribution in [0.1, 0.15) is 0 Å². The van der Waals surface area contributed by atoms with Gasteiger partial charge in [-0.15, -0.1) is 0 Å². The lowest BCUT2D eigenvalue weighted by molar-refractivity contribution is -0.387. The van der Waals surface area contributed by atoms with E-state index in [0.29, 0.717) is 0 Å². The minimum Gasteiger partial charge on any atom is -0.726 e. The average molecular weight is 904 g/mol. The zero-order valence-corrected chi connectivity index (χ0v) is 30.7.